The van der Waals surface area contributed by atoms with E-state index in [0.717, 1.165) is 18.4 Å². The molecule has 0 bridgehead atoms. The molecule has 1 unspecified atom stereocenters. The molecule has 1 aliphatic rings. The Labute approximate surface area is 103 Å². The van der Waals surface area contributed by atoms with E-state index in [0.29, 0.717) is 23.4 Å². The number of hydrogen-bond acceptors (Lipinski definition) is 2. The molecule has 0 fully saturated rings. The lowest BCUT2D eigenvalue weighted by Crippen LogP contribution is -2.20. The zero-order valence-electron chi connectivity index (χ0n) is 9.13. The molecule has 1 aromatic carbocycles. The van der Waals surface area contributed by atoms with E-state index in [1.165, 1.54) is 12.1 Å². The van der Waals surface area contributed by atoms with Crippen LogP contribution >= 0.6 is 15.9 Å². The molecular formula is C12H14BrFO2. The smallest absolute Gasteiger partial charge is 0.164 e. The molecule has 1 aromatic rings. The van der Waals surface area contributed by atoms with Crippen LogP contribution in [0.4, 0.5) is 4.39 Å². The van der Waals surface area contributed by atoms with Crippen molar-refractivity contribution in [2.45, 2.75) is 25.9 Å². The van der Waals surface area contributed by atoms with Gasteiger partial charge in [0.2, 0.25) is 0 Å². The van der Waals surface area contributed by atoms with Gasteiger partial charge in [0.25, 0.3) is 0 Å². The van der Waals surface area contributed by atoms with Crippen molar-refractivity contribution >= 4 is 15.9 Å². The molecule has 0 aromatic heterocycles. The Hall–Kier alpha value is -0.770. The van der Waals surface area contributed by atoms with Gasteiger partial charge in [-0.05, 0) is 25.8 Å². The third kappa shape index (κ3) is 2.48. The van der Waals surface area contributed by atoms with Crippen molar-refractivity contribution in [2.75, 3.05) is 11.9 Å². The minimum atomic E-state index is -0.263. The van der Waals surface area contributed by atoms with Gasteiger partial charge in [-0.3, -0.25) is 0 Å². The molecule has 0 amide bonds. The third-order valence-electron chi connectivity index (χ3n) is 2.57. The number of hydrogen-bond donors (Lipinski definition) is 0. The molecular weight excluding hydrogens is 275 g/mol. The largest absolute Gasteiger partial charge is 0.489 e. The summed E-state index contributed by atoms with van der Waals surface area (Å²) in [5, 5.41) is 0.716. The number of aryl methyl sites for hydroxylation is 1. The molecule has 2 rings (SSSR count). The molecule has 1 heterocycles. The molecule has 0 aliphatic carbocycles. The number of ether oxygens (including phenoxy) is 2. The molecule has 16 heavy (non-hydrogen) atoms. The second kappa shape index (κ2) is 5.04. The average molecular weight is 289 g/mol. The molecule has 0 spiro atoms. The van der Waals surface area contributed by atoms with Crippen molar-refractivity contribution in [3.63, 3.8) is 0 Å². The summed E-state index contributed by atoms with van der Waals surface area (Å²) in [5.41, 5.74) is 0.905. The summed E-state index contributed by atoms with van der Waals surface area (Å²) in [7, 11) is 0. The molecule has 1 atom stereocenters. The van der Waals surface area contributed by atoms with E-state index in [1.807, 2.05) is 6.92 Å². The van der Waals surface area contributed by atoms with Crippen LogP contribution < -0.4 is 9.47 Å². The van der Waals surface area contributed by atoms with E-state index in [1.54, 1.807) is 0 Å². The molecule has 88 valence electrons. The van der Waals surface area contributed by atoms with Gasteiger partial charge in [-0.2, -0.15) is 0 Å². The lowest BCUT2D eigenvalue weighted by atomic mass is 10.0. The Morgan fingerprint density at radius 3 is 3.12 bits per heavy atom. The Kier molecular flexibility index (Phi) is 3.69. The SMILES string of the molecule is CC1CCc2cc(F)cc(OCCBr)c2O1. The fraction of sp³-hybridized carbons (Fsp3) is 0.500. The van der Waals surface area contributed by atoms with Crippen molar-refractivity contribution in [2.24, 2.45) is 0 Å². The number of fused-ring (bicyclic) bond motifs is 1. The second-order valence-electron chi connectivity index (χ2n) is 3.90. The zero-order valence-corrected chi connectivity index (χ0v) is 10.7. The minimum Gasteiger partial charge on any atom is -0.489 e. The van der Waals surface area contributed by atoms with E-state index in [-0.39, 0.29) is 11.9 Å². The van der Waals surface area contributed by atoms with Gasteiger partial charge in [0.1, 0.15) is 5.82 Å². The Bertz CT molecular complexity index is 382. The van der Waals surface area contributed by atoms with Gasteiger partial charge in [-0.1, -0.05) is 15.9 Å². The fourth-order valence-electron chi connectivity index (χ4n) is 1.82. The van der Waals surface area contributed by atoms with E-state index >= 15 is 0 Å². The Balaban J connectivity index is 2.31. The van der Waals surface area contributed by atoms with Crippen molar-refractivity contribution in [3.05, 3.63) is 23.5 Å². The predicted octanol–water partition coefficient (Wildman–Crippen LogP) is 3.31. The topological polar surface area (TPSA) is 18.5 Å². The highest BCUT2D eigenvalue weighted by Gasteiger charge is 2.21. The molecule has 1 aliphatic heterocycles. The normalized spacial score (nSPS) is 18.8. The van der Waals surface area contributed by atoms with Crippen molar-refractivity contribution in [3.8, 4) is 11.5 Å². The number of alkyl halides is 1. The maximum atomic E-state index is 13.3. The summed E-state index contributed by atoms with van der Waals surface area (Å²) in [6.45, 7) is 2.52. The summed E-state index contributed by atoms with van der Waals surface area (Å²) >= 11 is 3.27. The summed E-state index contributed by atoms with van der Waals surface area (Å²) in [4.78, 5) is 0. The van der Waals surface area contributed by atoms with Crippen molar-refractivity contribution in [1.29, 1.82) is 0 Å². The van der Waals surface area contributed by atoms with Crippen LogP contribution in [0.15, 0.2) is 12.1 Å². The van der Waals surface area contributed by atoms with Gasteiger partial charge in [0.15, 0.2) is 11.5 Å². The van der Waals surface area contributed by atoms with Crippen LogP contribution in [0.3, 0.4) is 0 Å². The first-order valence-corrected chi connectivity index (χ1v) is 6.50. The van der Waals surface area contributed by atoms with Crippen LogP contribution in [0.1, 0.15) is 18.9 Å². The Morgan fingerprint density at radius 2 is 2.38 bits per heavy atom. The molecule has 0 saturated carbocycles. The zero-order chi connectivity index (χ0) is 11.5. The van der Waals surface area contributed by atoms with E-state index in [9.17, 15) is 4.39 Å². The highest BCUT2D eigenvalue weighted by atomic mass is 79.9. The van der Waals surface area contributed by atoms with Crippen molar-refractivity contribution < 1.29 is 13.9 Å². The third-order valence-corrected chi connectivity index (χ3v) is 2.89. The van der Waals surface area contributed by atoms with Crippen LogP contribution in [0.5, 0.6) is 11.5 Å². The van der Waals surface area contributed by atoms with Gasteiger partial charge in [-0.15, -0.1) is 0 Å². The van der Waals surface area contributed by atoms with Crippen LogP contribution in [-0.2, 0) is 6.42 Å². The Morgan fingerprint density at radius 1 is 1.56 bits per heavy atom. The monoisotopic (exact) mass is 288 g/mol. The van der Waals surface area contributed by atoms with Gasteiger partial charge in [0, 0.05) is 17.0 Å². The van der Waals surface area contributed by atoms with E-state index < -0.39 is 0 Å². The molecule has 0 radical (unpaired) electrons. The second-order valence-corrected chi connectivity index (χ2v) is 4.69. The maximum Gasteiger partial charge on any atom is 0.164 e. The van der Waals surface area contributed by atoms with Crippen LogP contribution in [-0.4, -0.2) is 18.0 Å². The lowest BCUT2D eigenvalue weighted by molar-refractivity contribution is 0.179. The van der Waals surface area contributed by atoms with Gasteiger partial charge in [0.05, 0.1) is 12.7 Å². The first-order valence-electron chi connectivity index (χ1n) is 5.38. The van der Waals surface area contributed by atoms with Crippen LogP contribution in [0.25, 0.3) is 0 Å². The number of rotatable bonds is 3. The summed E-state index contributed by atoms with van der Waals surface area (Å²) < 4.78 is 24.5. The van der Waals surface area contributed by atoms with Crippen molar-refractivity contribution in [1.82, 2.24) is 0 Å². The number of halogens is 2. The molecule has 2 nitrogen and oxygen atoms in total. The fourth-order valence-corrected chi connectivity index (χ4v) is 1.98. The highest BCUT2D eigenvalue weighted by molar-refractivity contribution is 9.09. The van der Waals surface area contributed by atoms with Gasteiger partial charge in [-0.25, -0.2) is 4.39 Å². The molecule has 0 N–H and O–H groups in total. The summed E-state index contributed by atoms with van der Waals surface area (Å²) in [6.07, 6.45) is 1.94. The quantitative estimate of drug-likeness (QED) is 0.795. The van der Waals surface area contributed by atoms with Gasteiger partial charge >= 0.3 is 0 Å². The van der Waals surface area contributed by atoms with Crippen LogP contribution in [0.2, 0.25) is 0 Å². The van der Waals surface area contributed by atoms with Crippen LogP contribution in [0, 0.1) is 5.82 Å². The van der Waals surface area contributed by atoms with E-state index in [2.05, 4.69) is 15.9 Å². The summed E-state index contributed by atoms with van der Waals surface area (Å²) in [6, 6.07) is 2.92. The minimum absolute atomic E-state index is 0.171. The maximum absolute atomic E-state index is 13.3. The average Bonchev–Trinajstić information content (AvgIpc) is 2.26. The summed E-state index contributed by atoms with van der Waals surface area (Å²) in [5.74, 6) is 0.962. The number of benzene rings is 1. The predicted molar refractivity (Wildman–Crippen MR) is 64.1 cm³/mol. The molecule has 4 heteroatoms. The van der Waals surface area contributed by atoms with E-state index in [4.69, 9.17) is 9.47 Å². The molecule has 0 saturated heterocycles. The van der Waals surface area contributed by atoms with Gasteiger partial charge < -0.3 is 9.47 Å². The highest BCUT2D eigenvalue weighted by Crippen LogP contribution is 2.37. The standard InChI is InChI=1S/C12H14BrFO2/c1-8-2-3-9-6-10(14)7-11(12(9)16-8)15-5-4-13/h6-8H,2-5H2,1H3. The lowest BCUT2D eigenvalue weighted by Gasteiger charge is -2.25. The first kappa shape index (κ1) is 11.7. The first-order chi connectivity index (χ1) is 7.70.